The first kappa shape index (κ1) is 9.62. The van der Waals surface area contributed by atoms with Gasteiger partial charge in [0, 0.05) is 5.92 Å². The molecule has 1 spiro atoms. The topological polar surface area (TPSA) is 17.1 Å². The van der Waals surface area contributed by atoms with E-state index < -0.39 is 0 Å². The van der Waals surface area contributed by atoms with E-state index in [1.165, 1.54) is 32.0 Å². The number of aldehydes is 1. The lowest BCUT2D eigenvalue weighted by Gasteiger charge is -2.55. The zero-order valence-corrected chi connectivity index (χ0v) is 9.70. The number of hydrogen-bond donors (Lipinski definition) is 0. The molecule has 2 saturated carbocycles. The molecule has 4 aliphatic carbocycles. The van der Waals surface area contributed by atoms with E-state index in [0.29, 0.717) is 17.3 Å². The van der Waals surface area contributed by atoms with Crippen molar-refractivity contribution in [2.24, 2.45) is 28.6 Å². The van der Waals surface area contributed by atoms with E-state index in [9.17, 15) is 4.79 Å². The molecule has 2 bridgehead atoms. The summed E-state index contributed by atoms with van der Waals surface area (Å²) in [6, 6.07) is 0. The molecule has 2 fully saturated rings. The van der Waals surface area contributed by atoms with Gasteiger partial charge in [-0.3, -0.25) is 0 Å². The van der Waals surface area contributed by atoms with Gasteiger partial charge in [0.05, 0.1) is 0 Å². The molecule has 0 radical (unpaired) electrons. The molecule has 1 nitrogen and oxygen atoms in total. The molecule has 0 aromatic heterocycles. The van der Waals surface area contributed by atoms with Gasteiger partial charge >= 0.3 is 0 Å². The summed E-state index contributed by atoms with van der Waals surface area (Å²) >= 11 is 0. The Hall–Kier alpha value is -0.590. The third-order valence-corrected chi connectivity index (χ3v) is 5.73. The number of hydrogen-bond acceptors (Lipinski definition) is 1. The van der Waals surface area contributed by atoms with Gasteiger partial charge in [0.2, 0.25) is 0 Å². The van der Waals surface area contributed by atoms with E-state index in [1.54, 1.807) is 0 Å². The third kappa shape index (κ3) is 0.971. The van der Waals surface area contributed by atoms with Gasteiger partial charge in [-0.05, 0) is 48.3 Å². The van der Waals surface area contributed by atoms with Crippen LogP contribution in [0, 0.1) is 28.6 Å². The van der Waals surface area contributed by atoms with Gasteiger partial charge in [-0.2, -0.15) is 0 Å². The van der Waals surface area contributed by atoms with Crippen LogP contribution in [0.25, 0.3) is 0 Å². The Bertz CT molecular complexity index is 332. The van der Waals surface area contributed by atoms with E-state index in [4.69, 9.17) is 0 Å². The van der Waals surface area contributed by atoms with Gasteiger partial charge in [0.15, 0.2) is 0 Å². The largest absolute Gasteiger partial charge is 0.303 e. The van der Waals surface area contributed by atoms with Crippen molar-refractivity contribution in [3.8, 4) is 0 Å². The average molecular weight is 204 g/mol. The van der Waals surface area contributed by atoms with E-state index in [1.807, 2.05) is 0 Å². The highest BCUT2D eigenvalue weighted by molar-refractivity contribution is 5.59. The maximum absolute atomic E-state index is 11.4. The number of fused-ring (bicyclic) bond motifs is 1. The summed E-state index contributed by atoms with van der Waals surface area (Å²) in [6.45, 7) is 4.65. The van der Waals surface area contributed by atoms with E-state index in [-0.39, 0.29) is 5.41 Å². The summed E-state index contributed by atoms with van der Waals surface area (Å²) in [6.07, 6.45) is 11.2. The average Bonchev–Trinajstić information content (AvgIpc) is 2.56. The molecule has 0 aromatic rings. The number of rotatable bonds is 1. The molecule has 0 aromatic carbocycles. The maximum atomic E-state index is 11.4. The van der Waals surface area contributed by atoms with Crippen LogP contribution >= 0.6 is 0 Å². The molecular formula is C14H20O. The molecule has 0 amide bonds. The first-order valence-electron chi connectivity index (χ1n) is 6.28. The zero-order chi connectivity index (χ0) is 10.7. The van der Waals surface area contributed by atoms with Crippen molar-refractivity contribution in [2.75, 3.05) is 0 Å². The normalized spacial score (nSPS) is 56.8. The summed E-state index contributed by atoms with van der Waals surface area (Å²) in [5.74, 6) is 1.72. The number of carbonyl (C=O) groups is 1. The summed E-state index contributed by atoms with van der Waals surface area (Å²) in [4.78, 5) is 11.4. The lowest BCUT2D eigenvalue weighted by Crippen LogP contribution is -2.50. The fourth-order valence-electron chi connectivity index (χ4n) is 4.55. The van der Waals surface area contributed by atoms with Crippen LogP contribution in [-0.2, 0) is 4.79 Å². The van der Waals surface area contributed by atoms with Gasteiger partial charge in [-0.15, -0.1) is 0 Å². The summed E-state index contributed by atoms with van der Waals surface area (Å²) in [5, 5.41) is 0. The first-order valence-corrected chi connectivity index (χ1v) is 6.28. The van der Waals surface area contributed by atoms with E-state index in [0.717, 1.165) is 5.92 Å². The Morgan fingerprint density at radius 1 is 1.27 bits per heavy atom. The Balaban J connectivity index is 2.11. The molecule has 0 N–H and O–H groups in total. The van der Waals surface area contributed by atoms with Crippen molar-refractivity contribution in [3.05, 3.63) is 12.2 Å². The van der Waals surface area contributed by atoms with Crippen LogP contribution in [-0.4, -0.2) is 6.29 Å². The van der Waals surface area contributed by atoms with Crippen LogP contribution in [0.4, 0.5) is 0 Å². The lowest BCUT2D eigenvalue weighted by molar-refractivity contribution is -0.122. The van der Waals surface area contributed by atoms with Crippen LogP contribution in [0.1, 0.15) is 39.5 Å². The highest BCUT2D eigenvalue weighted by Crippen LogP contribution is 2.66. The molecule has 4 rings (SSSR count). The van der Waals surface area contributed by atoms with Gasteiger partial charge in [-0.25, -0.2) is 0 Å². The summed E-state index contributed by atoms with van der Waals surface area (Å²) in [5.41, 5.74) is 0.571. The van der Waals surface area contributed by atoms with Crippen LogP contribution in [0.5, 0.6) is 0 Å². The first-order chi connectivity index (χ1) is 7.12. The molecule has 0 unspecified atom stereocenters. The fraction of sp³-hybridized carbons (Fsp3) is 0.786. The summed E-state index contributed by atoms with van der Waals surface area (Å²) < 4.78 is 0. The van der Waals surface area contributed by atoms with Crippen molar-refractivity contribution < 1.29 is 4.79 Å². The Kier molecular flexibility index (Phi) is 1.76. The molecule has 15 heavy (non-hydrogen) atoms. The van der Waals surface area contributed by atoms with Crippen molar-refractivity contribution in [3.63, 3.8) is 0 Å². The van der Waals surface area contributed by atoms with E-state index in [2.05, 4.69) is 26.0 Å². The number of allylic oxidation sites excluding steroid dienone is 2. The molecule has 5 atom stereocenters. The second kappa shape index (κ2) is 2.75. The van der Waals surface area contributed by atoms with Gasteiger partial charge < -0.3 is 4.79 Å². The fourth-order valence-corrected chi connectivity index (χ4v) is 4.55. The van der Waals surface area contributed by atoms with E-state index >= 15 is 0 Å². The van der Waals surface area contributed by atoms with Crippen LogP contribution in [0.2, 0.25) is 0 Å². The molecule has 0 aliphatic heterocycles. The standard InChI is InChI=1S/C14H20O/c1-10-3-4-11-12(9-15)13(2)5-7-14(10,11)8-6-13/h5,7,9-12H,3-4,6,8H2,1-2H3/t10-,11+,12-,13-,14+/m0/s1. The predicted octanol–water partition coefficient (Wildman–Crippen LogP) is 3.20. The quantitative estimate of drug-likeness (QED) is 0.473. The smallest absolute Gasteiger partial charge is 0.124 e. The SMILES string of the molecule is C[C@H]1CC[C@@H]2[C@H](C=O)[C@@]3(C)C=C[C@]21CC3. The molecule has 0 saturated heterocycles. The zero-order valence-electron chi connectivity index (χ0n) is 9.70. The maximum Gasteiger partial charge on any atom is 0.124 e. The minimum Gasteiger partial charge on any atom is -0.303 e. The van der Waals surface area contributed by atoms with Crippen molar-refractivity contribution in [2.45, 2.75) is 39.5 Å². The molecule has 1 heteroatoms. The van der Waals surface area contributed by atoms with Crippen LogP contribution < -0.4 is 0 Å². The Morgan fingerprint density at radius 3 is 2.67 bits per heavy atom. The monoisotopic (exact) mass is 204 g/mol. The summed E-state index contributed by atoms with van der Waals surface area (Å²) in [7, 11) is 0. The van der Waals surface area contributed by atoms with Gasteiger partial charge in [0.25, 0.3) is 0 Å². The van der Waals surface area contributed by atoms with Crippen molar-refractivity contribution in [1.82, 2.24) is 0 Å². The lowest BCUT2D eigenvalue weighted by atomic mass is 9.48. The van der Waals surface area contributed by atoms with Crippen LogP contribution in [0.15, 0.2) is 12.2 Å². The minimum absolute atomic E-state index is 0.179. The molecule has 4 aliphatic rings. The Morgan fingerprint density at radius 2 is 2.07 bits per heavy atom. The second-order valence-corrected chi connectivity index (χ2v) is 6.20. The van der Waals surface area contributed by atoms with Crippen molar-refractivity contribution >= 4 is 6.29 Å². The molecule has 0 heterocycles. The van der Waals surface area contributed by atoms with Gasteiger partial charge in [0.1, 0.15) is 6.29 Å². The van der Waals surface area contributed by atoms with Crippen LogP contribution in [0.3, 0.4) is 0 Å². The second-order valence-electron chi connectivity index (χ2n) is 6.20. The molecular weight excluding hydrogens is 184 g/mol. The minimum atomic E-state index is 0.179. The molecule has 82 valence electrons. The van der Waals surface area contributed by atoms with Crippen molar-refractivity contribution in [1.29, 1.82) is 0 Å². The highest BCUT2D eigenvalue weighted by atomic mass is 16.1. The highest BCUT2D eigenvalue weighted by Gasteiger charge is 2.59. The predicted molar refractivity (Wildman–Crippen MR) is 60.4 cm³/mol. The Labute approximate surface area is 91.9 Å². The third-order valence-electron chi connectivity index (χ3n) is 5.73. The number of carbonyl (C=O) groups excluding carboxylic acids is 1. The van der Waals surface area contributed by atoms with Gasteiger partial charge in [-0.1, -0.05) is 26.0 Å².